The molecule has 0 bridgehead atoms. The quantitative estimate of drug-likeness (QED) is 0.0669. The van der Waals surface area contributed by atoms with Crippen LogP contribution >= 0.6 is 0 Å². The van der Waals surface area contributed by atoms with Gasteiger partial charge in [-0.25, -0.2) is 14.4 Å². The van der Waals surface area contributed by atoms with Gasteiger partial charge in [0.1, 0.15) is 24.9 Å². The number of carboxylic acid groups (broad SMARTS) is 2. The van der Waals surface area contributed by atoms with Crippen molar-refractivity contribution in [2.45, 2.75) is 101 Å². The van der Waals surface area contributed by atoms with E-state index >= 15 is 0 Å². The van der Waals surface area contributed by atoms with E-state index in [9.17, 15) is 39.3 Å². The molecule has 4 heterocycles. The molecule has 9 N–H and O–H groups in total. The number of amidine groups is 1. The van der Waals surface area contributed by atoms with Crippen LogP contribution in [0.15, 0.2) is 0 Å². The zero-order valence-corrected chi connectivity index (χ0v) is 25.2. The van der Waals surface area contributed by atoms with Crippen molar-refractivity contribution in [2.75, 3.05) is 6.61 Å². The van der Waals surface area contributed by atoms with Crippen molar-refractivity contribution in [2.24, 2.45) is 39.5 Å². The summed E-state index contributed by atoms with van der Waals surface area (Å²) in [6.45, 7) is 6.19. The summed E-state index contributed by atoms with van der Waals surface area (Å²) in [6.07, 6.45) is -5.73. The summed E-state index contributed by atoms with van der Waals surface area (Å²) in [5.74, 6) is -6.78. The molecule has 0 aromatic heterocycles. The van der Waals surface area contributed by atoms with Crippen molar-refractivity contribution in [1.29, 1.82) is 5.41 Å². The van der Waals surface area contributed by atoms with Crippen molar-refractivity contribution in [3.63, 3.8) is 0 Å². The highest BCUT2D eigenvalue weighted by Crippen LogP contribution is 2.84. The molecule has 2 saturated carbocycles. The molecule has 0 aromatic rings. The fourth-order valence-corrected chi connectivity index (χ4v) is 9.09. The van der Waals surface area contributed by atoms with Crippen LogP contribution in [0.5, 0.6) is 0 Å². The Labute approximate surface area is 256 Å². The Balaban J connectivity index is 0.000000314. The number of fused-ring (bicyclic) bond motifs is 1. The van der Waals surface area contributed by atoms with Gasteiger partial charge in [-0.05, 0) is 37.5 Å². The second kappa shape index (κ2) is 10.3. The minimum atomic E-state index is -2.32. The Morgan fingerprint density at radius 3 is 2.33 bits per heavy atom. The number of aliphatic hydroxyl groups excluding tert-OH is 1. The van der Waals surface area contributed by atoms with E-state index in [4.69, 9.17) is 45.7 Å². The van der Waals surface area contributed by atoms with Crippen molar-refractivity contribution >= 4 is 35.7 Å². The average molecular weight is 642 g/mol. The number of esters is 3. The fraction of sp³-hybridized carbons (Fsp3) is 0.786. The van der Waals surface area contributed by atoms with Gasteiger partial charge in [-0.1, -0.05) is 20.8 Å². The van der Waals surface area contributed by atoms with Gasteiger partial charge >= 0.3 is 29.8 Å². The predicted molar refractivity (Wildman–Crippen MR) is 145 cm³/mol. The molecule has 250 valence electrons. The largest absolute Gasteiger partial charge is 0.480 e. The van der Waals surface area contributed by atoms with E-state index in [0.29, 0.717) is 19.3 Å². The number of nitrogens with two attached hydrogens (primary N) is 2. The van der Waals surface area contributed by atoms with Gasteiger partial charge in [-0.2, -0.15) is 0 Å². The number of hydrogen-bond acceptors (Lipinski definition) is 14. The minimum Gasteiger partial charge on any atom is -0.480 e. The van der Waals surface area contributed by atoms with Crippen LogP contribution in [0.3, 0.4) is 0 Å². The SMILES string of the molecule is CC1C(=O)O[C@H]2[C@H](O)[C@@]34C5C[C@@H](C(C)(C)C)C36[C@@H](OC(=O)[C@@H]6OCC(=O)O)O[C@@]4(C(=O)O5)[C@@]12O.N=C(N)CCC[C@H](N)C(=O)O. The van der Waals surface area contributed by atoms with Gasteiger partial charge in [-0.3, -0.25) is 15.0 Å². The number of aliphatic carboxylic acids is 2. The van der Waals surface area contributed by atoms with E-state index in [-0.39, 0.29) is 12.3 Å². The van der Waals surface area contributed by atoms with Crippen LogP contribution in [-0.2, 0) is 47.7 Å². The van der Waals surface area contributed by atoms with Crippen LogP contribution in [0.25, 0.3) is 0 Å². The molecule has 12 atom stereocenters. The summed E-state index contributed by atoms with van der Waals surface area (Å²) in [5, 5.41) is 48.3. The second-order valence-electron chi connectivity index (χ2n) is 13.7. The standard InChI is InChI=1S/C22H26O12.C6H13N3O2/c1-7-14(26)32-12-11(25)20-9-5-8(18(2,3)4)19(20)13(30-6-10(23)24)15(27)33-17(19)34-22(20,16(28)31-9)21(7,12)29;7-4(6(10)11)2-1-3-5(8)9/h7-9,11-13,17,25,29H,5-6H2,1-4H3,(H,23,24);4H,1-3,7H2,(H3,8,9)(H,10,11)/t7?,8-,9?,11-,12-,13-,17-,19?,20-,21+,22+;4-/m00/s1. The lowest BCUT2D eigenvalue weighted by atomic mass is 9.51. The molecule has 0 aromatic carbocycles. The van der Waals surface area contributed by atoms with Crippen molar-refractivity contribution in [1.82, 2.24) is 0 Å². The van der Waals surface area contributed by atoms with E-state index in [1.165, 1.54) is 6.92 Å². The van der Waals surface area contributed by atoms with Gasteiger partial charge in [0.15, 0.2) is 17.8 Å². The highest BCUT2D eigenvalue weighted by atomic mass is 16.8. The smallest absolute Gasteiger partial charge is 0.343 e. The van der Waals surface area contributed by atoms with Gasteiger partial charge in [0, 0.05) is 6.42 Å². The first-order chi connectivity index (χ1) is 20.8. The molecule has 6 rings (SSSR count). The van der Waals surface area contributed by atoms with E-state index < -0.39 is 112 Å². The molecule has 45 heavy (non-hydrogen) atoms. The average Bonchev–Trinajstić information content (AvgIpc) is 3.64. The van der Waals surface area contributed by atoms with Crippen molar-refractivity contribution < 1.29 is 68.1 Å². The number of carbonyl (C=O) groups excluding carboxylic acids is 3. The third-order valence-electron chi connectivity index (χ3n) is 10.6. The number of aliphatic hydroxyl groups is 2. The zero-order chi connectivity index (χ0) is 33.7. The summed E-state index contributed by atoms with van der Waals surface area (Å²) in [6, 6.07) is -0.825. The molecule has 17 nitrogen and oxygen atoms in total. The molecular weight excluding hydrogens is 602 g/mol. The van der Waals surface area contributed by atoms with Gasteiger partial charge in [0.05, 0.1) is 22.6 Å². The third-order valence-corrected chi connectivity index (χ3v) is 10.6. The zero-order valence-electron chi connectivity index (χ0n) is 25.2. The van der Waals surface area contributed by atoms with Gasteiger partial charge in [-0.15, -0.1) is 0 Å². The highest BCUT2D eigenvalue weighted by molar-refractivity contribution is 5.94. The van der Waals surface area contributed by atoms with Crippen molar-refractivity contribution in [3.05, 3.63) is 0 Å². The maximum absolute atomic E-state index is 13.6. The lowest BCUT2D eigenvalue weighted by molar-refractivity contribution is -0.240. The Kier molecular flexibility index (Phi) is 7.56. The van der Waals surface area contributed by atoms with Gasteiger partial charge in [0.2, 0.25) is 11.9 Å². The molecule has 2 spiro atoms. The summed E-state index contributed by atoms with van der Waals surface area (Å²) < 4.78 is 28.5. The first-order valence-corrected chi connectivity index (χ1v) is 14.6. The number of carboxylic acids is 2. The maximum atomic E-state index is 13.6. The molecule has 17 heteroatoms. The molecule has 6 fully saturated rings. The van der Waals surface area contributed by atoms with Gasteiger partial charge in [0.25, 0.3) is 0 Å². The Morgan fingerprint density at radius 2 is 1.78 bits per heavy atom. The molecule has 3 unspecified atom stereocenters. The fourth-order valence-electron chi connectivity index (χ4n) is 9.09. The topological polar surface area (TPSA) is 288 Å². The number of nitrogens with one attached hydrogen (secondary N) is 1. The Morgan fingerprint density at radius 1 is 1.13 bits per heavy atom. The molecule has 4 aliphatic heterocycles. The van der Waals surface area contributed by atoms with E-state index in [0.717, 1.165) is 0 Å². The van der Waals surface area contributed by atoms with Gasteiger partial charge < -0.3 is 55.6 Å². The number of carbonyl (C=O) groups is 5. The summed E-state index contributed by atoms with van der Waals surface area (Å²) in [7, 11) is 0. The Bertz CT molecular complexity index is 1350. The molecule has 0 radical (unpaired) electrons. The number of hydrogen-bond donors (Lipinski definition) is 7. The summed E-state index contributed by atoms with van der Waals surface area (Å²) in [5.41, 5.74) is 1.62. The monoisotopic (exact) mass is 641 g/mol. The van der Waals surface area contributed by atoms with Crippen LogP contribution in [0.1, 0.15) is 53.4 Å². The molecule has 6 aliphatic rings. The van der Waals surface area contributed by atoms with Crippen molar-refractivity contribution in [3.8, 4) is 0 Å². The highest BCUT2D eigenvalue weighted by Gasteiger charge is 3.04. The second-order valence-corrected chi connectivity index (χ2v) is 13.7. The van der Waals surface area contributed by atoms with Crippen LogP contribution in [0.2, 0.25) is 0 Å². The molecule has 2 aliphatic carbocycles. The van der Waals surface area contributed by atoms with E-state index in [1.807, 2.05) is 20.8 Å². The van der Waals surface area contributed by atoms with Crippen LogP contribution in [-0.4, -0.2) is 111 Å². The summed E-state index contributed by atoms with van der Waals surface area (Å²) >= 11 is 0. The minimum absolute atomic E-state index is 0.0718. The first kappa shape index (κ1) is 33.0. The lowest BCUT2D eigenvalue weighted by Crippen LogP contribution is -2.67. The number of ether oxygens (including phenoxy) is 5. The summed E-state index contributed by atoms with van der Waals surface area (Å²) in [4.78, 5) is 60.7. The first-order valence-electron chi connectivity index (χ1n) is 14.6. The van der Waals surface area contributed by atoms with E-state index in [2.05, 4.69) is 0 Å². The number of rotatable bonds is 8. The Hall–Kier alpha value is -3.38. The van der Waals surface area contributed by atoms with E-state index in [1.54, 1.807) is 0 Å². The molecular formula is C28H39N3O14. The third kappa shape index (κ3) is 3.84. The van der Waals surface area contributed by atoms with Crippen LogP contribution < -0.4 is 11.5 Å². The molecule has 4 saturated heterocycles. The molecule has 0 amide bonds. The normalized spacial score (nSPS) is 44.1. The predicted octanol–water partition coefficient (Wildman–Crippen LogP) is -1.76. The maximum Gasteiger partial charge on any atom is 0.343 e. The van der Waals surface area contributed by atoms with Crippen LogP contribution in [0, 0.1) is 33.5 Å². The lowest BCUT2D eigenvalue weighted by Gasteiger charge is -2.48. The van der Waals surface area contributed by atoms with Crippen LogP contribution in [0.4, 0.5) is 0 Å².